The third-order valence-electron chi connectivity index (χ3n) is 4.90. The number of carbonyl (C=O) groups is 1. The first kappa shape index (κ1) is 14.3. The lowest BCUT2D eigenvalue weighted by Crippen LogP contribution is -2.42. The van der Waals surface area contributed by atoms with E-state index in [2.05, 4.69) is 16.0 Å². The largest absolute Gasteiger partial charge is 0.451 e. The number of hydrogen-bond acceptors (Lipinski definition) is 4. The van der Waals surface area contributed by atoms with Crippen molar-refractivity contribution in [1.29, 1.82) is 0 Å². The molecule has 0 radical (unpaired) electrons. The zero-order chi connectivity index (χ0) is 15.8. The monoisotopic (exact) mass is 311 g/mol. The molecular formula is C18H21N3O2. The molecule has 3 N–H and O–H groups in total. The van der Waals surface area contributed by atoms with Gasteiger partial charge in [-0.2, -0.15) is 0 Å². The van der Waals surface area contributed by atoms with E-state index in [-0.39, 0.29) is 11.9 Å². The van der Waals surface area contributed by atoms with Gasteiger partial charge in [-0.1, -0.05) is 0 Å². The number of rotatable bonds is 4. The number of fused-ring (bicyclic) bond motifs is 2. The standard InChI is InChI=1S/C18H21N3O2/c1-19-12-4-2-11(3-5-12)16-8-9-17(23-16)18(22)21-15-10-13-6-7-14(15)20-13/h2-5,8-9,13-15,19-20H,6-7,10H2,1H3,(H,21,22)/t13-,14+,15-/m1/s1. The Bertz CT molecular complexity index is 707. The molecule has 5 heteroatoms. The van der Waals surface area contributed by atoms with Crippen LogP contribution in [0.5, 0.6) is 0 Å². The Kier molecular flexibility index (Phi) is 3.58. The molecule has 120 valence electrons. The summed E-state index contributed by atoms with van der Waals surface area (Å²) in [7, 11) is 1.88. The first-order valence-corrected chi connectivity index (χ1v) is 8.18. The second kappa shape index (κ2) is 5.74. The molecule has 0 aliphatic carbocycles. The lowest BCUT2D eigenvalue weighted by Gasteiger charge is -2.20. The summed E-state index contributed by atoms with van der Waals surface area (Å²) in [6.07, 6.45) is 3.40. The smallest absolute Gasteiger partial charge is 0.287 e. The molecule has 2 aliphatic rings. The second-order valence-electron chi connectivity index (χ2n) is 6.35. The van der Waals surface area contributed by atoms with Crippen molar-refractivity contribution in [2.45, 2.75) is 37.4 Å². The molecule has 0 spiro atoms. The van der Waals surface area contributed by atoms with Crippen LogP contribution in [-0.2, 0) is 0 Å². The zero-order valence-corrected chi connectivity index (χ0v) is 13.1. The first-order valence-electron chi connectivity index (χ1n) is 8.18. The van der Waals surface area contributed by atoms with Gasteiger partial charge in [0.1, 0.15) is 5.76 Å². The topological polar surface area (TPSA) is 66.3 Å². The van der Waals surface area contributed by atoms with Crippen LogP contribution in [0.15, 0.2) is 40.8 Å². The van der Waals surface area contributed by atoms with Crippen molar-refractivity contribution in [2.24, 2.45) is 0 Å². The average Bonchev–Trinajstić information content (AvgIpc) is 3.31. The fraction of sp³-hybridized carbons (Fsp3) is 0.389. The van der Waals surface area contributed by atoms with Gasteiger partial charge in [-0.05, 0) is 55.7 Å². The molecule has 1 amide bonds. The molecule has 0 unspecified atom stereocenters. The van der Waals surface area contributed by atoms with Gasteiger partial charge >= 0.3 is 0 Å². The van der Waals surface area contributed by atoms with E-state index >= 15 is 0 Å². The summed E-state index contributed by atoms with van der Waals surface area (Å²) in [5, 5.41) is 9.71. The minimum Gasteiger partial charge on any atom is -0.451 e. The summed E-state index contributed by atoms with van der Waals surface area (Å²) in [5.41, 5.74) is 2.01. The van der Waals surface area contributed by atoms with Crippen molar-refractivity contribution >= 4 is 11.6 Å². The Morgan fingerprint density at radius 1 is 1.17 bits per heavy atom. The minimum atomic E-state index is -0.123. The van der Waals surface area contributed by atoms with Crippen LogP contribution in [0.3, 0.4) is 0 Å². The van der Waals surface area contributed by atoms with E-state index in [1.54, 1.807) is 6.07 Å². The van der Waals surface area contributed by atoms with Gasteiger partial charge in [-0.15, -0.1) is 0 Å². The highest BCUT2D eigenvalue weighted by Crippen LogP contribution is 2.29. The molecule has 3 heterocycles. The van der Waals surface area contributed by atoms with E-state index in [1.165, 1.54) is 6.42 Å². The molecule has 2 bridgehead atoms. The Labute approximate surface area is 135 Å². The molecule has 2 saturated heterocycles. The number of furan rings is 1. The van der Waals surface area contributed by atoms with Gasteiger partial charge in [0.15, 0.2) is 5.76 Å². The van der Waals surface area contributed by atoms with Crippen LogP contribution >= 0.6 is 0 Å². The predicted octanol–water partition coefficient (Wildman–Crippen LogP) is 2.61. The Balaban J connectivity index is 1.45. The highest BCUT2D eigenvalue weighted by atomic mass is 16.3. The maximum absolute atomic E-state index is 12.4. The van der Waals surface area contributed by atoms with Gasteiger partial charge in [0.2, 0.25) is 0 Å². The van der Waals surface area contributed by atoms with Crippen LogP contribution in [0.4, 0.5) is 5.69 Å². The molecule has 2 aliphatic heterocycles. The maximum atomic E-state index is 12.4. The molecule has 23 heavy (non-hydrogen) atoms. The Hall–Kier alpha value is -2.27. The number of nitrogens with one attached hydrogen (secondary N) is 3. The number of benzene rings is 1. The lowest BCUT2D eigenvalue weighted by molar-refractivity contribution is 0.0903. The summed E-state index contributed by atoms with van der Waals surface area (Å²) in [6, 6.07) is 12.7. The summed E-state index contributed by atoms with van der Waals surface area (Å²) in [5.74, 6) is 0.965. The Morgan fingerprint density at radius 3 is 2.65 bits per heavy atom. The molecule has 2 aromatic rings. The fourth-order valence-electron chi connectivity index (χ4n) is 3.64. The van der Waals surface area contributed by atoms with Crippen LogP contribution in [0.25, 0.3) is 11.3 Å². The van der Waals surface area contributed by atoms with Crippen molar-refractivity contribution in [3.63, 3.8) is 0 Å². The minimum absolute atomic E-state index is 0.123. The van der Waals surface area contributed by atoms with E-state index in [1.807, 2.05) is 37.4 Å². The van der Waals surface area contributed by atoms with Gasteiger partial charge in [0.05, 0.1) is 0 Å². The van der Waals surface area contributed by atoms with E-state index < -0.39 is 0 Å². The van der Waals surface area contributed by atoms with Gasteiger partial charge in [-0.3, -0.25) is 4.79 Å². The Morgan fingerprint density at radius 2 is 2.00 bits per heavy atom. The molecule has 0 saturated carbocycles. The number of amides is 1. The van der Waals surface area contributed by atoms with Crippen molar-refractivity contribution in [1.82, 2.24) is 10.6 Å². The van der Waals surface area contributed by atoms with Crippen molar-refractivity contribution < 1.29 is 9.21 Å². The first-order chi connectivity index (χ1) is 11.2. The predicted molar refractivity (Wildman–Crippen MR) is 89.5 cm³/mol. The quantitative estimate of drug-likeness (QED) is 0.812. The number of hydrogen-bond donors (Lipinski definition) is 3. The average molecular weight is 311 g/mol. The number of carbonyl (C=O) groups excluding carboxylic acids is 1. The summed E-state index contributed by atoms with van der Waals surface area (Å²) >= 11 is 0. The van der Waals surface area contributed by atoms with Gasteiger partial charge in [0, 0.05) is 36.4 Å². The maximum Gasteiger partial charge on any atom is 0.287 e. The van der Waals surface area contributed by atoms with Crippen molar-refractivity contribution in [3.8, 4) is 11.3 Å². The van der Waals surface area contributed by atoms with E-state index in [4.69, 9.17) is 4.42 Å². The number of anilines is 1. The second-order valence-corrected chi connectivity index (χ2v) is 6.35. The van der Waals surface area contributed by atoms with Gasteiger partial charge in [-0.25, -0.2) is 0 Å². The third kappa shape index (κ3) is 2.72. The van der Waals surface area contributed by atoms with Gasteiger partial charge in [0.25, 0.3) is 5.91 Å². The van der Waals surface area contributed by atoms with Crippen LogP contribution < -0.4 is 16.0 Å². The highest BCUT2D eigenvalue weighted by Gasteiger charge is 2.39. The molecule has 5 nitrogen and oxygen atoms in total. The van der Waals surface area contributed by atoms with Crippen LogP contribution in [0.2, 0.25) is 0 Å². The fourth-order valence-corrected chi connectivity index (χ4v) is 3.64. The van der Waals surface area contributed by atoms with Crippen LogP contribution in [-0.4, -0.2) is 31.1 Å². The van der Waals surface area contributed by atoms with E-state index in [0.29, 0.717) is 23.6 Å². The van der Waals surface area contributed by atoms with Crippen molar-refractivity contribution in [2.75, 3.05) is 12.4 Å². The molecular weight excluding hydrogens is 290 g/mol. The molecule has 2 fully saturated rings. The summed E-state index contributed by atoms with van der Waals surface area (Å²) in [4.78, 5) is 12.4. The molecule has 1 aromatic carbocycles. The summed E-state index contributed by atoms with van der Waals surface area (Å²) < 4.78 is 5.74. The summed E-state index contributed by atoms with van der Waals surface area (Å²) in [6.45, 7) is 0. The van der Waals surface area contributed by atoms with E-state index in [9.17, 15) is 4.79 Å². The molecule has 3 atom stereocenters. The van der Waals surface area contributed by atoms with E-state index in [0.717, 1.165) is 24.1 Å². The van der Waals surface area contributed by atoms with Crippen LogP contribution in [0.1, 0.15) is 29.8 Å². The lowest BCUT2D eigenvalue weighted by atomic mass is 9.95. The van der Waals surface area contributed by atoms with Crippen LogP contribution in [0, 0.1) is 0 Å². The normalized spacial score (nSPS) is 25.5. The van der Waals surface area contributed by atoms with Gasteiger partial charge < -0.3 is 20.4 Å². The SMILES string of the molecule is CNc1ccc(-c2ccc(C(=O)N[C@@H]3C[C@H]4CC[C@@H]3N4)o2)cc1. The zero-order valence-electron chi connectivity index (χ0n) is 13.1. The van der Waals surface area contributed by atoms with Crippen molar-refractivity contribution in [3.05, 3.63) is 42.2 Å². The molecule has 1 aromatic heterocycles. The highest BCUT2D eigenvalue weighted by molar-refractivity contribution is 5.92. The molecule has 4 rings (SSSR count). The third-order valence-corrected chi connectivity index (χ3v) is 4.90.